The van der Waals surface area contributed by atoms with E-state index in [1.807, 2.05) is 0 Å². The molecule has 0 saturated heterocycles. The van der Waals surface area contributed by atoms with Gasteiger partial charge in [-0.3, -0.25) is 4.79 Å². The highest BCUT2D eigenvalue weighted by Gasteiger charge is 2.32. The molecule has 0 spiro atoms. The smallest absolute Gasteiger partial charge is 0.255 e. The van der Waals surface area contributed by atoms with E-state index in [1.54, 1.807) is 13.0 Å². The summed E-state index contributed by atoms with van der Waals surface area (Å²) in [6, 6.07) is 4.30. The Bertz CT molecular complexity index is 466. The van der Waals surface area contributed by atoms with E-state index in [9.17, 15) is 9.18 Å². The van der Waals surface area contributed by atoms with Crippen LogP contribution in [0, 0.1) is 11.7 Å². The average molecular weight is 303 g/mol. The first-order valence-electron chi connectivity index (χ1n) is 6.59. The summed E-state index contributed by atoms with van der Waals surface area (Å²) in [6.07, 6.45) is 2.17. The van der Waals surface area contributed by atoms with Gasteiger partial charge >= 0.3 is 0 Å². The fraction of sp³-hybridized carbons (Fsp3) is 0.500. The molecule has 1 aliphatic carbocycles. The van der Waals surface area contributed by atoms with Crippen LogP contribution >= 0.6 is 12.4 Å². The van der Waals surface area contributed by atoms with E-state index in [-0.39, 0.29) is 35.7 Å². The van der Waals surface area contributed by atoms with Gasteiger partial charge in [0.15, 0.2) is 11.6 Å². The molecule has 112 valence electrons. The molecule has 1 saturated carbocycles. The summed E-state index contributed by atoms with van der Waals surface area (Å²) in [6.45, 7) is 2.46. The summed E-state index contributed by atoms with van der Waals surface area (Å²) < 4.78 is 18.9. The number of nitrogens with one attached hydrogen (secondary N) is 1. The number of rotatable bonds is 6. The summed E-state index contributed by atoms with van der Waals surface area (Å²) in [4.78, 5) is 12.2. The minimum Gasteiger partial charge on any atom is -0.490 e. The summed E-state index contributed by atoms with van der Waals surface area (Å²) in [5.41, 5.74) is 5.87. The molecular formula is C14H20ClFN2O2. The van der Waals surface area contributed by atoms with E-state index < -0.39 is 5.82 Å². The molecule has 1 fully saturated rings. The number of halogens is 2. The van der Waals surface area contributed by atoms with Gasteiger partial charge in [0.05, 0.1) is 12.2 Å². The predicted molar refractivity (Wildman–Crippen MR) is 77.8 cm³/mol. The minimum atomic E-state index is -0.523. The quantitative estimate of drug-likeness (QED) is 0.846. The molecule has 6 heteroatoms. The van der Waals surface area contributed by atoms with Crippen molar-refractivity contribution in [3.63, 3.8) is 0 Å². The molecule has 0 bridgehead atoms. The lowest BCUT2D eigenvalue weighted by Gasteiger charge is -2.17. The van der Waals surface area contributed by atoms with Gasteiger partial charge in [-0.15, -0.1) is 12.4 Å². The number of hydrogen-bond donors (Lipinski definition) is 2. The van der Waals surface area contributed by atoms with Gasteiger partial charge in [-0.2, -0.15) is 0 Å². The van der Waals surface area contributed by atoms with Gasteiger partial charge in [0.2, 0.25) is 0 Å². The molecule has 1 unspecified atom stereocenters. The van der Waals surface area contributed by atoms with Crippen molar-refractivity contribution in [1.82, 2.24) is 5.32 Å². The van der Waals surface area contributed by atoms with Crippen molar-refractivity contribution in [2.75, 3.05) is 13.2 Å². The molecule has 1 amide bonds. The highest BCUT2D eigenvalue weighted by atomic mass is 35.5. The molecule has 4 nitrogen and oxygen atoms in total. The number of hydrogen-bond acceptors (Lipinski definition) is 3. The third-order valence-corrected chi connectivity index (χ3v) is 3.26. The first-order chi connectivity index (χ1) is 9.17. The number of benzene rings is 1. The Kier molecular flexibility index (Phi) is 6.23. The van der Waals surface area contributed by atoms with Crippen LogP contribution in [0.3, 0.4) is 0 Å². The van der Waals surface area contributed by atoms with Crippen molar-refractivity contribution >= 4 is 18.3 Å². The largest absolute Gasteiger partial charge is 0.490 e. The maximum Gasteiger partial charge on any atom is 0.255 e. The second-order valence-corrected chi connectivity index (χ2v) is 4.70. The molecule has 0 aromatic heterocycles. The van der Waals surface area contributed by atoms with Crippen molar-refractivity contribution in [3.05, 3.63) is 29.6 Å². The maximum absolute atomic E-state index is 13.7. The Morgan fingerprint density at radius 1 is 1.55 bits per heavy atom. The number of amides is 1. The van der Waals surface area contributed by atoms with Gasteiger partial charge in [0.25, 0.3) is 5.91 Å². The lowest BCUT2D eigenvalue weighted by atomic mass is 10.1. The van der Waals surface area contributed by atoms with Gasteiger partial charge < -0.3 is 15.8 Å². The maximum atomic E-state index is 13.7. The van der Waals surface area contributed by atoms with Gasteiger partial charge in [0, 0.05) is 12.6 Å². The lowest BCUT2D eigenvalue weighted by Crippen LogP contribution is -2.41. The van der Waals surface area contributed by atoms with Crippen LogP contribution in [0.5, 0.6) is 5.75 Å². The summed E-state index contributed by atoms with van der Waals surface area (Å²) >= 11 is 0. The molecule has 0 radical (unpaired) electrons. The molecular weight excluding hydrogens is 283 g/mol. The number of carbonyl (C=O) groups excluding carboxylic acids is 1. The Morgan fingerprint density at radius 3 is 2.80 bits per heavy atom. The molecule has 0 heterocycles. The fourth-order valence-electron chi connectivity index (χ4n) is 2.09. The first-order valence-corrected chi connectivity index (χ1v) is 6.59. The van der Waals surface area contributed by atoms with Crippen LogP contribution in [0.2, 0.25) is 0 Å². The molecule has 1 aromatic rings. The van der Waals surface area contributed by atoms with Crippen LogP contribution in [0.4, 0.5) is 4.39 Å². The Hall–Kier alpha value is -1.33. The molecule has 1 atom stereocenters. The normalized spacial score (nSPS) is 15.2. The topological polar surface area (TPSA) is 64.3 Å². The number of para-hydroxylation sites is 1. The zero-order chi connectivity index (χ0) is 13.8. The number of carbonyl (C=O) groups is 1. The third-order valence-electron chi connectivity index (χ3n) is 3.26. The standard InChI is InChI=1S/C14H19FN2O2.ClH/c1-2-19-13-10(4-3-5-11(13)15)14(18)17-12(8-16)9-6-7-9;/h3-5,9,12H,2,6-8,16H2,1H3,(H,17,18);1H. The summed E-state index contributed by atoms with van der Waals surface area (Å²) in [5.74, 6) is -0.386. The van der Waals surface area contributed by atoms with Crippen molar-refractivity contribution in [2.24, 2.45) is 11.7 Å². The van der Waals surface area contributed by atoms with E-state index in [4.69, 9.17) is 10.5 Å². The lowest BCUT2D eigenvalue weighted by molar-refractivity contribution is 0.0928. The Labute approximate surface area is 124 Å². The van der Waals surface area contributed by atoms with Crippen LogP contribution in [0.1, 0.15) is 30.1 Å². The zero-order valence-electron chi connectivity index (χ0n) is 11.4. The summed E-state index contributed by atoms with van der Waals surface area (Å²) in [7, 11) is 0. The van der Waals surface area contributed by atoms with Crippen molar-refractivity contribution in [2.45, 2.75) is 25.8 Å². The van der Waals surface area contributed by atoms with Gasteiger partial charge in [-0.05, 0) is 37.8 Å². The van der Waals surface area contributed by atoms with E-state index in [0.717, 1.165) is 12.8 Å². The zero-order valence-corrected chi connectivity index (χ0v) is 12.2. The summed E-state index contributed by atoms with van der Waals surface area (Å²) in [5, 5.41) is 2.86. The molecule has 1 aromatic carbocycles. The van der Waals surface area contributed by atoms with E-state index in [0.29, 0.717) is 19.1 Å². The molecule has 1 aliphatic rings. The van der Waals surface area contributed by atoms with Crippen LogP contribution < -0.4 is 15.8 Å². The third kappa shape index (κ3) is 3.84. The van der Waals surface area contributed by atoms with Crippen LogP contribution in [0.25, 0.3) is 0 Å². The van der Waals surface area contributed by atoms with E-state index in [1.165, 1.54) is 12.1 Å². The first kappa shape index (κ1) is 16.7. The minimum absolute atomic E-state index is 0. The van der Waals surface area contributed by atoms with Gasteiger partial charge in [-0.25, -0.2) is 4.39 Å². The number of ether oxygens (including phenoxy) is 1. The predicted octanol–water partition coefficient (Wildman–Crippen LogP) is 2.11. The van der Waals surface area contributed by atoms with Crippen molar-refractivity contribution in [3.8, 4) is 5.75 Å². The molecule has 0 aliphatic heterocycles. The van der Waals surface area contributed by atoms with Crippen LogP contribution in [-0.2, 0) is 0 Å². The van der Waals surface area contributed by atoms with Gasteiger partial charge in [-0.1, -0.05) is 6.07 Å². The van der Waals surface area contributed by atoms with E-state index >= 15 is 0 Å². The van der Waals surface area contributed by atoms with E-state index in [2.05, 4.69) is 5.32 Å². The Morgan fingerprint density at radius 2 is 2.25 bits per heavy atom. The molecule has 20 heavy (non-hydrogen) atoms. The monoisotopic (exact) mass is 302 g/mol. The SMILES string of the molecule is CCOc1c(F)cccc1C(=O)NC(CN)C1CC1.Cl. The van der Waals surface area contributed by atoms with Gasteiger partial charge in [0.1, 0.15) is 0 Å². The second kappa shape index (κ2) is 7.45. The van der Waals surface area contributed by atoms with Crippen LogP contribution in [-0.4, -0.2) is 25.1 Å². The van der Waals surface area contributed by atoms with Crippen LogP contribution in [0.15, 0.2) is 18.2 Å². The second-order valence-electron chi connectivity index (χ2n) is 4.70. The molecule has 3 N–H and O–H groups in total. The highest BCUT2D eigenvalue weighted by molar-refractivity contribution is 5.97. The van der Waals surface area contributed by atoms with Crippen molar-refractivity contribution < 1.29 is 13.9 Å². The van der Waals surface area contributed by atoms with Crippen molar-refractivity contribution in [1.29, 1.82) is 0 Å². The highest BCUT2D eigenvalue weighted by Crippen LogP contribution is 2.32. The Balaban J connectivity index is 0.00000200. The fourth-order valence-corrected chi connectivity index (χ4v) is 2.09. The molecule has 2 rings (SSSR count). The average Bonchev–Trinajstić information content (AvgIpc) is 3.22. The number of nitrogens with two attached hydrogens (primary N) is 1.